The first-order valence-electron chi connectivity index (χ1n) is 19.4. The summed E-state index contributed by atoms with van der Waals surface area (Å²) in [5, 5.41) is 10.3. The van der Waals surface area contributed by atoms with Crippen LogP contribution in [0, 0.1) is 40.4 Å². The van der Waals surface area contributed by atoms with Crippen molar-refractivity contribution in [3.05, 3.63) is 41.5 Å². The first kappa shape index (κ1) is 37.0. The van der Waals surface area contributed by atoms with Crippen molar-refractivity contribution < 1.29 is 38.7 Å². The third kappa shape index (κ3) is 6.58. The summed E-state index contributed by atoms with van der Waals surface area (Å²) in [6.45, 7) is 7.25. The molecule has 6 aliphatic rings. The molecule has 11 heteroatoms. The number of amides is 4. The van der Waals surface area contributed by atoms with E-state index in [0.717, 1.165) is 62.0 Å². The summed E-state index contributed by atoms with van der Waals surface area (Å²) < 4.78 is 0. The van der Waals surface area contributed by atoms with Gasteiger partial charge in [0.1, 0.15) is 0 Å². The molecular weight excluding hydrogens is 681 g/mol. The molecule has 0 spiro atoms. The van der Waals surface area contributed by atoms with E-state index in [1.165, 1.54) is 48.4 Å². The van der Waals surface area contributed by atoms with E-state index in [1.54, 1.807) is 6.07 Å². The zero-order chi connectivity index (χ0) is 36.9. The first-order valence-corrected chi connectivity index (χ1v) is 20.5. The number of carbonyl (C=O) groups excluding carboxylic acids is 6. The number of nitrogens with zero attached hydrogens (tertiary/aromatic N) is 2. The molecule has 10 nitrogen and oxygen atoms in total. The van der Waals surface area contributed by atoms with Crippen LogP contribution in [-0.4, -0.2) is 62.7 Å². The third-order valence-electron chi connectivity index (χ3n) is 13.9. The Morgan fingerprint density at radius 1 is 0.942 bits per heavy atom. The molecule has 2 saturated heterocycles. The Morgan fingerprint density at radius 3 is 2.48 bits per heavy atom. The van der Waals surface area contributed by atoms with Gasteiger partial charge in [-0.1, -0.05) is 51.7 Å². The molecule has 2 aliphatic heterocycles. The van der Waals surface area contributed by atoms with Crippen LogP contribution in [0.1, 0.15) is 121 Å². The highest BCUT2D eigenvalue weighted by atomic mass is 32.2. The predicted octanol–water partition coefficient (Wildman–Crippen LogP) is 6.59. The number of aliphatic hydroxyl groups excluding tert-OH is 1. The zero-order valence-corrected chi connectivity index (χ0v) is 31.5. The average Bonchev–Trinajstić information content (AvgIpc) is 3.73. The molecule has 2 heterocycles. The van der Waals surface area contributed by atoms with Gasteiger partial charge in [0, 0.05) is 25.2 Å². The molecule has 1 aromatic rings. The van der Waals surface area contributed by atoms with Crippen LogP contribution in [0.15, 0.2) is 35.9 Å². The Morgan fingerprint density at radius 2 is 1.71 bits per heavy atom. The van der Waals surface area contributed by atoms with E-state index < -0.39 is 23.0 Å². The van der Waals surface area contributed by atoms with Crippen molar-refractivity contribution in [1.29, 1.82) is 0 Å². The second-order valence-electron chi connectivity index (χ2n) is 16.8. The van der Waals surface area contributed by atoms with Gasteiger partial charge < -0.3 is 9.94 Å². The smallest absolute Gasteiger partial charge is 0.363 e. The van der Waals surface area contributed by atoms with E-state index in [-0.39, 0.29) is 65.2 Å². The van der Waals surface area contributed by atoms with Gasteiger partial charge in [0.05, 0.1) is 22.6 Å². The Bertz CT molecular complexity index is 1680. The van der Waals surface area contributed by atoms with Crippen LogP contribution in [-0.2, 0) is 28.8 Å². The average molecular weight is 733 g/mol. The van der Waals surface area contributed by atoms with Crippen LogP contribution in [0.25, 0.3) is 0 Å². The van der Waals surface area contributed by atoms with E-state index in [2.05, 4.69) is 20.8 Å². The summed E-state index contributed by atoms with van der Waals surface area (Å²) >= 11 is 1.51. The number of ketones is 1. The summed E-state index contributed by atoms with van der Waals surface area (Å²) in [6, 6.07) is 5.93. The molecule has 0 radical (unpaired) electrons. The molecule has 0 aromatic heterocycles. The number of allylic oxidation sites excluding steroid dienone is 1. The highest BCUT2D eigenvalue weighted by Gasteiger charge is 2.61. The number of hydrogen-bond acceptors (Lipinski definition) is 9. The first-order chi connectivity index (χ1) is 24.8. The van der Waals surface area contributed by atoms with Crippen LogP contribution >= 0.6 is 11.8 Å². The highest BCUT2D eigenvalue weighted by Crippen LogP contribution is 2.66. The normalized spacial score (nSPS) is 35.0. The number of carbonyl (C=O) groups is 6. The minimum atomic E-state index is -0.912. The van der Waals surface area contributed by atoms with Crippen LogP contribution in [0.5, 0.6) is 0 Å². The van der Waals surface area contributed by atoms with Crippen molar-refractivity contribution in [1.82, 2.24) is 5.06 Å². The zero-order valence-electron chi connectivity index (χ0n) is 30.6. The Kier molecular flexibility index (Phi) is 10.3. The number of unbranched alkanes of at least 4 members (excludes halogenated alkanes) is 2. The summed E-state index contributed by atoms with van der Waals surface area (Å²) in [6.07, 6.45) is 13.0. The van der Waals surface area contributed by atoms with E-state index >= 15 is 0 Å². The van der Waals surface area contributed by atoms with Crippen molar-refractivity contribution in [3.8, 4) is 0 Å². The minimum absolute atomic E-state index is 0.0148. The van der Waals surface area contributed by atoms with Crippen LogP contribution in [0.3, 0.4) is 0 Å². The van der Waals surface area contributed by atoms with Gasteiger partial charge in [-0.3, -0.25) is 24.0 Å². The molecule has 4 aliphatic carbocycles. The molecule has 1 N–H and O–H groups in total. The summed E-state index contributed by atoms with van der Waals surface area (Å²) in [4.78, 5) is 82.4. The monoisotopic (exact) mass is 732 g/mol. The molecule has 1 unspecified atom stereocenters. The van der Waals surface area contributed by atoms with E-state index in [4.69, 9.17) is 4.84 Å². The number of benzene rings is 1. The summed E-state index contributed by atoms with van der Waals surface area (Å²) in [7, 11) is 0. The fourth-order valence-electron chi connectivity index (χ4n) is 11.1. The molecule has 1 aromatic carbocycles. The number of aliphatic hydroxyl groups is 1. The second-order valence-corrected chi connectivity index (χ2v) is 18.1. The van der Waals surface area contributed by atoms with E-state index in [9.17, 15) is 33.9 Å². The fourth-order valence-corrected chi connectivity index (χ4v) is 12.3. The van der Waals surface area contributed by atoms with Crippen molar-refractivity contribution in [2.24, 2.45) is 40.4 Å². The summed E-state index contributed by atoms with van der Waals surface area (Å²) in [5.41, 5.74) is 1.73. The lowest BCUT2D eigenvalue weighted by molar-refractivity contribution is -0.172. The lowest BCUT2D eigenvalue weighted by atomic mass is 9.46. The number of hydroxylamine groups is 2. The highest BCUT2D eigenvalue weighted by molar-refractivity contribution is 8.00. The molecule has 0 bridgehead atoms. The van der Waals surface area contributed by atoms with Gasteiger partial charge >= 0.3 is 5.97 Å². The van der Waals surface area contributed by atoms with Gasteiger partial charge in [0.15, 0.2) is 5.78 Å². The van der Waals surface area contributed by atoms with Crippen molar-refractivity contribution in [2.45, 2.75) is 122 Å². The molecule has 52 heavy (non-hydrogen) atoms. The van der Waals surface area contributed by atoms with Crippen molar-refractivity contribution in [3.63, 3.8) is 0 Å². The number of anilines is 1. The Balaban J connectivity index is 0.868. The molecule has 4 amide bonds. The fraction of sp³-hybridized carbons (Fsp3) is 0.659. The van der Waals surface area contributed by atoms with Gasteiger partial charge in [0.25, 0.3) is 11.8 Å². The van der Waals surface area contributed by atoms with Crippen LogP contribution < -0.4 is 4.90 Å². The Hall–Kier alpha value is -3.31. The maximum Gasteiger partial charge on any atom is 0.363 e. The maximum atomic E-state index is 13.7. The Labute approximate surface area is 310 Å². The topological polar surface area (TPSA) is 138 Å². The van der Waals surface area contributed by atoms with Crippen LogP contribution in [0.4, 0.5) is 5.69 Å². The largest absolute Gasteiger partial charge is 0.393 e. The molecule has 5 fully saturated rings. The molecule has 280 valence electrons. The van der Waals surface area contributed by atoms with Gasteiger partial charge in [0.2, 0.25) is 11.8 Å². The molecule has 9 atom stereocenters. The van der Waals surface area contributed by atoms with E-state index in [0.29, 0.717) is 40.9 Å². The second kappa shape index (κ2) is 14.5. The minimum Gasteiger partial charge on any atom is -0.393 e. The number of thioether (sulfide) groups is 1. The SMILES string of the molecule is C[C@H](CCCCCSC1CC(=O)N(c2cccc(C(=O)ON3C(=O)CCC3=O)c2)C1=O)[C@H]1CC[C@H]2[C@@H]3C(=O)C=C4C[C@@H](O)CC[C@]4(C)[C@H]3CC[C@]12C. The molecule has 7 rings (SSSR count). The number of hydrogen-bond donors (Lipinski definition) is 1. The van der Waals surface area contributed by atoms with Crippen LogP contribution in [0.2, 0.25) is 0 Å². The lowest BCUT2D eigenvalue weighted by Crippen LogP contribution is -2.53. The quantitative estimate of drug-likeness (QED) is 0.197. The van der Waals surface area contributed by atoms with Gasteiger partial charge in [-0.15, -0.1) is 16.8 Å². The predicted molar refractivity (Wildman–Crippen MR) is 196 cm³/mol. The standard InChI is InChI=1S/C41H52N2O8S/c1-24(29-11-12-30-37-31(16-18-41(29,30)3)40(2)17-15-28(44)21-26(40)22-32(37)45)8-5-4-6-19-52-33-23-36(48)42(38(33)49)27-10-7-9-25(20-27)39(50)51-43-34(46)13-14-35(43)47/h7,9-10,20,22,24,28-31,33,37,44H,4-6,8,11-19,21,23H2,1-3H3/t24-,28+,29-,30+,31+,33?,37+,40+,41-/m1/s1. The van der Waals surface area contributed by atoms with E-state index in [1.807, 2.05) is 6.08 Å². The van der Waals surface area contributed by atoms with Gasteiger partial charge in [-0.25, -0.2) is 9.69 Å². The number of fused-ring (bicyclic) bond motifs is 5. The van der Waals surface area contributed by atoms with Crippen molar-refractivity contribution >= 4 is 52.8 Å². The lowest BCUT2D eigenvalue weighted by Gasteiger charge is -2.57. The van der Waals surface area contributed by atoms with Gasteiger partial charge in [-0.05, 0) is 116 Å². The number of imide groups is 2. The molecule has 3 saturated carbocycles. The third-order valence-corrected chi connectivity index (χ3v) is 15.2. The maximum absolute atomic E-state index is 13.7. The summed E-state index contributed by atoms with van der Waals surface area (Å²) in [5.74, 6) is 0.539. The molecular formula is C41H52N2O8S. The van der Waals surface area contributed by atoms with Crippen molar-refractivity contribution in [2.75, 3.05) is 10.7 Å². The number of rotatable bonds is 11. The van der Waals surface area contributed by atoms with Gasteiger partial charge in [-0.2, -0.15) is 0 Å².